The Bertz CT molecular complexity index is 699. The van der Waals surface area contributed by atoms with Gasteiger partial charge in [-0.15, -0.1) is 0 Å². The largest absolute Gasteiger partial charge is 0.497 e. The van der Waals surface area contributed by atoms with Crippen molar-refractivity contribution in [1.29, 1.82) is 0 Å². The molecule has 0 atom stereocenters. The van der Waals surface area contributed by atoms with Gasteiger partial charge in [0.05, 0.1) is 12.8 Å². The molecule has 1 aliphatic heterocycles. The van der Waals surface area contributed by atoms with Gasteiger partial charge in [-0.2, -0.15) is 0 Å². The molecule has 1 aromatic rings. The van der Waals surface area contributed by atoms with Crippen molar-refractivity contribution in [2.24, 2.45) is 5.73 Å². The van der Waals surface area contributed by atoms with E-state index in [1.165, 1.54) is 31.4 Å². The molecule has 1 aromatic carbocycles. The number of urea groups is 2. The summed E-state index contributed by atoms with van der Waals surface area (Å²) in [6, 6.07) is 3.70. The Labute approximate surface area is 129 Å². The number of hydrogen-bond donors (Lipinski definition) is 2. The fourth-order valence-electron chi connectivity index (χ4n) is 1.92. The molecule has 1 saturated heterocycles. The highest BCUT2D eigenvalue weighted by atomic mass is 16.5. The average molecular weight is 320 g/mol. The van der Waals surface area contributed by atoms with Gasteiger partial charge in [-0.1, -0.05) is 0 Å². The molecule has 0 radical (unpaired) electrons. The third kappa shape index (κ3) is 3.10. The van der Waals surface area contributed by atoms with Crippen molar-refractivity contribution >= 4 is 35.5 Å². The van der Waals surface area contributed by atoms with E-state index in [4.69, 9.17) is 10.5 Å². The van der Waals surface area contributed by atoms with Crippen LogP contribution in [0.25, 0.3) is 0 Å². The first kappa shape index (κ1) is 15.9. The Morgan fingerprint density at radius 1 is 1.13 bits per heavy atom. The van der Waals surface area contributed by atoms with E-state index in [0.717, 1.165) is 0 Å². The third-order valence-electron chi connectivity index (χ3n) is 2.95. The number of nitrogens with zero attached hydrogens (tertiary/aromatic N) is 2. The molecule has 0 bridgehead atoms. The zero-order valence-corrected chi connectivity index (χ0v) is 11.9. The summed E-state index contributed by atoms with van der Waals surface area (Å²) in [5, 5.41) is 1.70. The predicted octanol–water partition coefficient (Wildman–Crippen LogP) is -0.815. The number of benzene rings is 1. The Morgan fingerprint density at radius 2 is 1.74 bits per heavy atom. The number of nitrogens with two attached hydrogens (primary N) is 1. The van der Waals surface area contributed by atoms with Crippen LogP contribution in [0.3, 0.4) is 0 Å². The van der Waals surface area contributed by atoms with Crippen LogP contribution < -0.4 is 20.7 Å². The second-order valence-corrected chi connectivity index (χ2v) is 4.42. The maximum Gasteiger partial charge on any atom is 0.339 e. The number of ether oxygens (including phenoxy) is 1. The van der Waals surface area contributed by atoms with E-state index in [9.17, 15) is 24.0 Å². The van der Waals surface area contributed by atoms with Crippen LogP contribution in [0.5, 0.6) is 5.75 Å². The quantitative estimate of drug-likeness (QED) is 0.549. The van der Waals surface area contributed by atoms with Crippen LogP contribution in [0.2, 0.25) is 0 Å². The molecular formula is C13H12N4O6. The van der Waals surface area contributed by atoms with Crippen molar-refractivity contribution in [3.63, 3.8) is 0 Å². The molecule has 1 aliphatic rings. The van der Waals surface area contributed by atoms with Crippen LogP contribution in [-0.4, -0.2) is 48.3 Å². The Kier molecular flexibility index (Phi) is 4.25. The zero-order chi connectivity index (χ0) is 17.1. The monoisotopic (exact) mass is 320 g/mol. The second-order valence-electron chi connectivity index (χ2n) is 4.42. The number of carbonyl (C=O) groups excluding carboxylic acids is 5. The first-order valence-corrected chi connectivity index (χ1v) is 6.28. The molecular weight excluding hydrogens is 308 g/mol. The van der Waals surface area contributed by atoms with Gasteiger partial charge in [-0.25, -0.2) is 19.4 Å². The second kappa shape index (κ2) is 6.13. The number of rotatable bonds is 4. The minimum absolute atomic E-state index is 0.145. The van der Waals surface area contributed by atoms with Gasteiger partial charge in [0.25, 0.3) is 0 Å². The highest BCUT2D eigenvalue weighted by molar-refractivity contribution is 6.53. The lowest BCUT2D eigenvalue weighted by Crippen LogP contribution is -2.44. The molecule has 2 rings (SSSR count). The van der Waals surface area contributed by atoms with Gasteiger partial charge in [0.1, 0.15) is 12.3 Å². The van der Waals surface area contributed by atoms with Crippen LogP contribution in [0.4, 0.5) is 15.3 Å². The van der Waals surface area contributed by atoms with Gasteiger partial charge in [0, 0.05) is 0 Å². The number of imide groups is 3. The normalized spacial score (nSPS) is 14.2. The maximum absolute atomic E-state index is 12.2. The molecule has 23 heavy (non-hydrogen) atoms. The van der Waals surface area contributed by atoms with E-state index < -0.39 is 36.3 Å². The van der Waals surface area contributed by atoms with E-state index in [1.807, 2.05) is 0 Å². The molecule has 10 nitrogen and oxygen atoms in total. The van der Waals surface area contributed by atoms with E-state index >= 15 is 0 Å². The predicted molar refractivity (Wildman–Crippen MR) is 75.3 cm³/mol. The van der Waals surface area contributed by atoms with Gasteiger partial charge >= 0.3 is 23.9 Å². The van der Waals surface area contributed by atoms with E-state index in [2.05, 4.69) is 0 Å². The molecule has 0 spiro atoms. The van der Waals surface area contributed by atoms with Crippen molar-refractivity contribution < 1.29 is 28.7 Å². The van der Waals surface area contributed by atoms with Gasteiger partial charge in [-0.3, -0.25) is 19.7 Å². The number of anilines is 1. The number of hydrogen-bond acceptors (Lipinski definition) is 6. The molecule has 0 aliphatic carbocycles. The van der Waals surface area contributed by atoms with E-state index in [-0.39, 0.29) is 5.69 Å². The SMILES string of the molecule is COc1ccc(N2C(=O)C(=O)N(CC(=O)NC(N)=O)C2=O)cc1. The Hall–Kier alpha value is -3.43. The van der Waals surface area contributed by atoms with Crippen molar-refractivity contribution in [3.05, 3.63) is 24.3 Å². The minimum atomic E-state index is -1.18. The third-order valence-corrected chi connectivity index (χ3v) is 2.95. The van der Waals surface area contributed by atoms with Crippen molar-refractivity contribution in [1.82, 2.24) is 10.2 Å². The van der Waals surface area contributed by atoms with Crippen LogP contribution >= 0.6 is 0 Å². The van der Waals surface area contributed by atoms with E-state index in [0.29, 0.717) is 15.5 Å². The van der Waals surface area contributed by atoms with Crippen LogP contribution in [-0.2, 0) is 14.4 Å². The van der Waals surface area contributed by atoms with Crippen molar-refractivity contribution in [2.75, 3.05) is 18.6 Å². The Balaban J connectivity index is 2.21. The zero-order valence-electron chi connectivity index (χ0n) is 11.9. The molecule has 10 heteroatoms. The molecule has 1 fully saturated rings. The molecule has 0 aromatic heterocycles. The summed E-state index contributed by atoms with van der Waals surface area (Å²) in [7, 11) is 1.45. The highest BCUT2D eigenvalue weighted by Crippen LogP contribution is 2.24. The van der Waals surface area contributed by atoms with Crippen molar-refractivity contribution in [2.45, 2.75) is 0 Å². The number of amides is 7. The molecule has 7 amide bonds. The van der Waals surface area contributed by atoms with Gasteiger partial charge in [0.15, 0.2) is 0 Å². The smallest absolute Gasteiger partial charge is 0.339 e. The summed E-state index contributed by atoms with van der Waals surface area (Å²) in [4.78, 5) is 59.0. The molecule has 1 heterocycles. The lowest BCUT2D eigenvalue weighted by molar-refractivity contribution is -0.140. The van der Waals surface area contributed by atoms with Crippen molar-refractivity contribution in [3.8, 4) is 5.75 Å². The fourth-order valence-corrected chi connectivity index (χ4v) is 1.92. The number of primary amides is 1. The summed E-state index contributed by atoms with van der Waals surface area (Å²) >= 11 is 0. The van der Waals surface area contributed by atoms with Crippen LogP contribution in [0, 0.1) is 0 Å². The Morgan fingerprint density at radius 3 is 2.26 bits per heavy atom. The summed E-state index contributed by atoms with van der Waals surface area (Å²) < 4.78 is 4.95. The maximum atomic E-state index is 12.2. The first-order valence-electron chi connectivity index (χ1n) is 6.28. The lowest BCUT2D eigenvalue weighted by Gasteiger charge is -2.15. The minimum Gasteiger partial charge on any atom is -0.497 e. The van der Waals surface area contributed by atoms with Gasteiger partial charge < -0.3 is 10.5 Å². The van der Waals surface area contributed by atoms with Gasteiger partial charge in [-0.05, 0) is 24.3 Å². The number of methoxy groups -OCH3 is 1. The molecule has 0 saturated carbocycles. The average Bonchev–Trinajstić information content (AvgIpc) is 2.70. The number of nitrogens with one attached hydrogen (secondary N) is 1. The number of carbonyl (C=O) groups is 5. The molecule has 0 unspecified atom stereocenters. The van der Waals surface area contributed by atoms with Crippen LogP contribution in [0.15, 0.2) is 24.3 Å². The lowest BCUT2D eigenvalue weighted by atomic mass is 10.3. The highest BCUT2D eigenvalue weighted by Gasteiger charge is 2.46. The summed E-state index contributed by atoms with van der Waals surface area (Å²) in [5.41, 5.74) is 4.91. The van der Waals surface area contributed by atoms with E-state index in [1.54, 1.807) is 5.32 Å². The summed E-state index contributed by atoms with van der Waals surface area (Å²) in [6.07, 6.45) is 0. The molecule has 120 valence electrons. The summed E-state index contributed by atoms with van der Waals surface area (Å²) in [5.74, 6) is -2.77. The van der Waals surface area contributed by atoms with Gasteiger partial charge in [0.2, 0.25) is 5.91 Å². The fraction of sp³-hybridized carbons (Fsp3) is 0.154. The first-order chi connectivity index (χ1) is 10.8. The summed E-state index contributed by atoms with van der Waals surface area (Å²) in [6.45, 7) is -0.793. The standard InChI is InChI=1S/C13H12N4O6/c1-23-8-4-2-7(3-5-8)17-11(20)10(19)16(13(17)22)6-9(18)15-12(14)21/h2-5H,6H2,1H3,(H3,14,15,18,21). The molecule has 3 N–H and O–H groups in total. The van der Waals surface area contributed by atoms with Crippen LogP contribution in [0.1, 0.15) is 0 Å². The topological polar surface area (TPSA) is 139 Å².